The summed E-state index contributed by atoms with van der Waals surface area (Å²) in [5.41, 5.74) is -0.574. The topological polar surface area (TPSA) is 40.5 Å². The Hall–Kier alpha value is -2.50. The first-order valence-corrected chi connectivity index (χ1v) is 7.62. The molecule has 0 spiro atoms. The number of benzene rings is 2. The van der Waals surface area contributed by atoms with Gasteiger partial charge in [0.2, 0.25) is 0 Å². The van der Waals surface area contributed by atoms with Crippen molar-refractivity contribution < 1.29 is 23.1 Å². The second-order valence-corrected chi connectivity index (χ2v) is 5.84. The maximum absolute atomic E-state index is 13.2. The molecule has 0 saturated heterocycles. The van der Waals surface area contributed by atoms with Crippen molar-refractivity contribution in [3.63, 3.8) is 0 Å². The number of rotatable bonds is 4. The number of phenols is 1. The lowest BCUT2D eigenvalue weighted by Crippen LogP contribution is -2.33. The number of carbonyl (C=O) groups is 1. The van der Waals surface area contributed by atoms with Gasteiger partial charge in [-0.2, -0.15) is 13.2 Å². The van der Waals surface area contributed by atoms with Crippen molar-refractivity contribution in [1.82, 2.24) is 4.90 Å². The van der Waals surface area contributed by atoms with Gasteiger partial charge in [0.15, 0.2) is 0 Å². The van der Waals surface area contributed by atoms with Gasteiger partial charge >= 0.3 is 6.18 Å². The fourth-order valence-electron chi connectivity index (χ4n) is 2.68. The second kappa shape index (κ2) is 6.19. The van der Waals surface area contributed by atoms with Gasteiger partial charge in [0.25, 0.3) is 5.91 Å². The van der Waals surface area contributed by atoms with E-state index in [2.05, 4.69) is 0 Å². The SMILES string of the molecule is O=C(c1ccccc1O)N(Cc1ccccc1C(F)(F)F)C1CC1. The number of hydrogen-bond donors (Lipinski definition) is 1. The number of hydrogen-bond acceptors (Lipinski definition) is 2. The van der Waals surface area contributed by atoms with Crippen molar-refractivity contribution in [1.29, 1.82) is 0 Å². The van der Waals surface area contributed by atoms with Crippen LogP contribution in [0.4, 0.5) is 13.2 Å². The van der Waals surface area contributed by atoms with Gasteiger partial charge in [0, 0.05) is 12.6 Å². The van der Waals surface area contributed by atoms with E-state index >= 15 is 0 Å². The summed E-state index contributed by atoms with van der Waals surface area (Å²) in [5, 5.41) is 9.85. The van der Waals surface area contributed by atoms with Crippen LogP contribution in [0.15, 0.2) is 48.5 Å². The van der Waals surface area contributed by atoms with Crippen LogP contribution in [-0.2, 0) is 12.7 Å². The quantitative estimate of drug-likeness (QED) is 0.909. The van der Waals surface area contributed by atoms with E-state index in [0.717, 1.165) is 18.9 Å². The highest BCUT2D eigenvalue weighted by molar-refractivity contribution is 5.97. The summed E-state index contributed by atoms with van der Waals surface area (Å²) in [4.78, 5) is 14.1. The molecule has 3 nitrogen and oxygen atoms in total. The van der Waals surface area contributed by atoms with E-state index in [-0.39, 0.29) is 29.5 Å². The van der Waals surface area contributed by atoms with Gasteiger partial charge in [0.1, 0.15) is 5.75 Å². The summed E-state index contributed by atoms with van der Waals surface area (Å²) in [6.07, 6.45) is -2.95. The Morgan fingerprint density at radius 2 is 1.71 bits per heavy atom. The van der Waals surface area contributed by atoms with Crippen LogP contribution >= 0.6 is 0 Å². The molecule has 1 saturated carbocycles. The Bertz CT molecular complexity index is 754. The van der Waals surface area contributed by atoms with Gasteiger partial charge in [0.05, 0.1) is 11.1 Å². The molecule has 1 aliphatic rings. The minimum absolute atomic E-state index is 0.0562. The first-order valence-electron chi connectivity index (χ1n) is 7.62. The molecule has 0 aliphatic heterocycles. The summed E-state index contributed by atoms with van der Waals surface area (Å²) >= 11 is 0. The molecule has 3 rings (SSSR count). The third-order valence-corrected chi connectivity index (χ3v) is 4.05. The highest BCUT2D eigenvalue weighted by Crippen LogP contribution is 2.36. The number of para-hydroxylation sites is 1. The van der Waals surface area contributed by atoms with Crippen molar-refractivity contribution in [2.75, 3.05) is 0 Å². The Morgan fingerprint density at radius 3 is 2.33 bits per heavy atom. The average molecular weight is 335 g/mol. The molecule has 2 aromatic carbocycles. The van der Waals surface area contributed by atoms with Crippen molar-refractivity contribution in [3.05, 3.63) is 65.2 Å². The Morgan fingerprint density at radius 1 is 1.08 bits per heavy atom. The largest absolute Gasteiger partial charge is 0.507 e. The number of amides is 1. The van der Waals surface area contributed by atoms with Gasteiger partial charge in [-0.25, -0.2) is 0 Å². The zero-order valence-corrected chi connectivity index (χ0v) is 12.8. The molecule has 0 atom stereocenters. The van der Waals surface area contributed by atoms with Crippen LogP contribution in [0.5, 0.6) is 5.75 Å². The Labute approximate surface area is 137 Å². The third-order valence-electron chi connectivity index (χ3n) is 4.05. The smallest absolute Gasteiger partial charge is 0.416 e. The molecule has 0 bridgehead atoms. The molecule has 6 heteroatoms. The van der Waals surface area contributed by atoms with E-state index in [4.69, 9.17) is 0 Å². The molecule has 2 aromatic rings. The molecular weight excluding hydrogens is 319 g/mol. The number of aromatic hydroxyl groups is 1. The number of alkyl halides is 3. The maximum atomic E-state index is 13.2. The number of nitrogens with zero attached hydrogens (tertiary/aromatic N) is 1. The highest BCUT2D eigenvalue weighted by atomic mass is 19.4. The predicted octanol–water partition coefficient (Wildman–Crippen LogP) is 4.22. The Kier molecular flexibility index (Phi) is 4.22. The molecule has 0 unspecified atom stereocenters. The predicted molar refractivity (Wildman–Crippen MR) is 82.4 cm³/mol. The first kappa shape index (κ1) is 16.4. The van der Waals surface area contributed by atoms with Crippen LogP contribution in [0.25, 0.3) is 0 Å². The Balaban J connectivity index is 1.92. The zero-order chi connectivity index (χ0) is 17.3. The van der Waals surface area contributed by atoms with Crippen molar-refractivity contribution in [2.24, 2.45) is 0 Å². The molecule has 1 fully saturated rings. The number of halogens is 3. The molecule has 24 heavy (non-hydrogen) atoms. The monoisotopic (exact) mass is 335 g/mol. The van der Waals surface area contributed by atoms with Gasteiger partial charge < -0.3 is 10.0 Å². The standard InChI is InChI=1S/C18H16F3NO2/c19-18(20,21)15-7-3-1-5-12(15)11-22(13-9-10-13)17(24)14-6-2-4-8-16(14)23/h1-8,13,23H,9-11H2. The third kappa shape index (κ3) is 3.37. The van der Waals surface area contributed by atoms with Gasteiger partial charge in [-0.05, 0) is 36.6 Å². The molecule has 1 amide bonds. The van der Waals surface area contributed by atoms with Crippen LogP contribution in [0.2, 0.25) is 0 Å². The highest BCUT2D eigenvalue weighted by Gasteiger charge is 2.37. The van der Waals surface area contributed by atoms with Crippen LogP contribution in [0.1, 0.15) is 34.3 Å². The average Bonchev–Trinajstić information content (AvgIpc) is 3.36. The summed E-state index contributed by atoms with van der Waals surface area (Å²) in [7, 11) is 0. The molecule has 0 radical (unpaired) electrons. The molecule has 0 heterocycles. The molecule has 1 aliphatic carbocycles. The fourth-order valence-corrected chi connectivity index (χ4v) is 2.68. The number of carbonyl (C=O) groups excluding carboxylic acids is 1. The summed E-state index contributed by atoms with van der Waals surface area (Å²) in [6.45, 7) is -0.131. The maximum Gasteiger partial charge on any atom is 0.416 e. The summed E-state index contributed by atoms with van der Waals surface area (Å²) in [5.74, 6) is -0.621. The second-order valence-electron chi connectivity index (χ2n) is 5.84. The molecule has 126 valence electrons. The lowest BCUT2D eigenvalue weighted by atomic mass is 10.1. The number of phenolic OH excluding ortho intramolecular Hbond substituents is 1. The summed E-state index contributed by atoms with van der Waals surface area (Å²) in [6, 6.07) is 11.2. The van der Waals surface area contributed by atoms with E-state index in [1.165, 1.54) is 35.2 Å². The minimum atomic E-state index is -4.47. The van der Waals surface area contributed by atoms with Crippen molar-refractivity contribution in [2.45, 2.75) is 31.6 Å². The van der Waals surface area contributed by atoms with Crippen LogP contribution in [0.3, 0.4) is 0 Å². The van der Waals surface area contributed by atoms with Gasteiger partial charge in [-0.15, -0.1) is 0 Å². The van der Waals surface area contributed by atoms with Crippen LogP contribution < -0.4 is 0 Å². The van der Waals surface area contributed by atoms with E-state index in [1.807, 2.05) is 0 Å². The van der Waals surface area contributed by atoms with Crippen molar-refractivity contribution in [3.8, 4) is 5.75 Å². The zero-order valence-electron chi connectivity index (χ0n) is 12.8. The van der Waals surface area contributed by atoms with Crippen LogP contribution in [-0.4, -0.2) is 22.0 Å². The van der Waals surface area contributed by atoms with Gasteiger partial charge in [-0.3, -0.25) is 4.79 Å². The molecule has 0 aromatic heterocycles. The van der Waals surface area contributed by atoms with E-state index < -0.39 is 17.6 Å². The normalized spacial score (nSPS) is 14.5. The van der Waals surface area contributed by atoms with E-state index in [9.17, 15) is 23.1 Å². The van der Waals surface area contributed by atoms with E-state index in [1.54, 1.807) is 12.1 Å². The lowest BCUT2D eigenvalue weighted by molar-refractivity contribution is -0.138. The first-order chi connectivity index (χ1) is 11.4. The lowest BCUT2D eigenvalue weighted by Gasteiger charge is -2.24. The van der Waals surface area contributed by atoms with E-state index in [0.29, 0.717) is 0 Å². The molecular formula is C18H16F3NO2. The minimum Gasteiger partial charge on any atom is -0.507 e. The molecule has 1 N–H and O–H groups in total. The van der Waals surface area contributed by atoms with Crippen LogP contribution in [0, 0.1) is 0 Å². The summed E-state index contributed by atoms with van der Waals surface area (Å²) < 4.78 is 39.5. The van der Waals surface area contributed by atoms with Crippen molar-refractivity contribution >= 4 is 5.91 Å². The van der Waals surface area contributed by atoms with Gasteiger partial charge in [-0.1, -0.05) is 30.3 Å². The fraction of sp³-hybridized carbons (Fsp3) is 0.278.